The van der Waals surface area contributed by atoms with Crippen LogP contribution in [0.4, 0.5) is 0 Å². The van der Waals surface area contributed by atoms with E-state index < -0.39 is 0 Å². The first-order chi connectivity index (χ1) is 13.6. The molecule has 3 aromatic rings. The minimum atomic E-state index is -0.112. The fourth-order valence-electron chi connectivity index (χ4n) is 3.97. The van der Waals surface area contributed by atoms with Gasteiger partial charge in [-0.2, -0.15) is 0 Å². The molecule has 0 spiro atoms. The van der Waals surface area contributed by atoms with Crippen LogP contribution in [0, 0.1) is 0 Å². The van der Waals surface area contributed by atoms with E-state index in [0.29, 0.717) is 18.8 Å². The summed E-state index contributed by atoms with van der Waals surface area (Å²) >= 11 is 0. The first-order valence-corrected chi connectivity index (χ1v) is 9.83. The second-order valence-electron chi connectivity index (χ2n) is 7.40. The number of nitrogens with one attached hydrogen (secondary N) is 1. The van der Waals surface area contributed by atoms with Crippen LogP contribution in [-0.4, -0.2) is 41.4 Å². The number of carbonyl (C=O) groups is 1. The molecule has 8 heteroatoms. The normalized spacial score (nSPS) is 19.0. The van der Waals surface area contributed by atoms with Crippen molar-refractivity contribution in [2.24, 2.45) is 7.05 Å². The van der Waals surface area contributed by atoms with Gasteiger partial charge in [-0.15, -0.1) is 10.2 Å². The summed E-state index contributed by atoms with van der Waals surface area (Å²) in [6.45, 7) is 2.61. The molecule has 1 aliphatic rings. The molecule has 0 aliphatic heterocycles. The van der Waals surface area contributed by atoms with Gasteiger partial charge in [0.25, 0.3) is 0 Å². The van der Waals surface area contributed by atoms with E-state index in [2.05, 4.69) is 38.1 Å². The molecule has 0 atom stereocenters. The second kappa shape index (κ2) is 7.71. The standard InChI is InChI=1S/C20H26N6O2/c1-3-17-22-15-6-4-5-7-16(15)26(17)9-8-19(28)21-14-10-13(11-14)20-24-23-18(12-27)25(20)2/h4-7,13-14,27H,3,8-12H2,1-2H3,(H,21,28). The lowest BCUT2D eigenvalue weighted by Gasteiger charge is -2.35. The summed E-state index contributed by atoms with van der Waals surface area (Å²) in [4.78, 5) is 17.1. The fourth-order valence-corrected chi connectivity index (χ4v) is 3.97. The molecular weight excluding hydrogens is 356 g/mol. The average Bonchev–Trinajstić information content (AvgIpc) is 3.22. The molecule has 1 saturated carbocycles. The van der Waals surface area contributed by atoms with Crippen LogP contribution in [0.2, 0.25) is 0 Å². The van der Waals surface area contributed by atoms with Gasteiger partial charge in [-0.1, -0.05) is 19.1 Å². The molecule has 1 aromatic carbocycles. The Labute approximate surface area is 163 Å². The van der Waals surface area contributed by atoms with Crippen molar-refractivity contribution >= 4 is 16.9 Å². The van der Waals surface area contributed by atoms with Crippen LogP contribution >= 0.6 is 0 Å². The monoisotopic (exact) mass is 382 g/mol. The number of fused-ring (bicyclic) bond motifs is 1. The molecule has 2 N–H and O–H groups in total. The zero-order chi connectivity index (χ0) is 19.7. The Morgan fingerprint density at radius 3 is 2.75 bits per heavy atom. The minimum Gasteiger partial charge on any atom is -0.388 e. The highest BCUT2D eigenvalue weighted by molar-refractivity contribution is 5.78. The third kappa shape index (κ3) is 3.40. The summed E-state index contributed by atoms with van der Waals surface area (Å²) in [5, 5.41) is 20.5. The number of nitrogens with zero attached hydrogens (tertiary/aromatic N) is 5. The number of para-hydroxylation sites is 2. The van der Waals surface area contributed by atoms with Gasteiger partial charge >= 0.3 is 0 Å². The van der Waals surface area contributed by atoms with E-state index in [-0.39, 0.29) is 24.5 Å². The van der Waals surface area contributed by atoms with Crippen LogP contribution in [-0.2, 0) is 31.4 Å². The van der Waals surface area contributed by atoms with E-state index in [1.54, 1.807) is 0 Å². The number of carbonyl (C=O) groups excluding carboxylic acids is 1. The summed E-state index contributed by atoms with van der Waals surface area (Å²) < 4.78 is 3.99. The van der Waals surface area contributed by atoms with Crippen molar-refractivity contribution in [3.63, 3.8) is 0 Å². The second-order valence-corrected chi connectivity index (χ2v) is 7.40. The Hall–Kier alpha value is -2.74. The number of benzene rings is 1. The Kier molecular flexibility index (Phi) is 5.13. The maximum absolute atomic E-state index is 12.4. The van der Waals surface area contributed by atoms with Gasteiger partial charge in [-0.05, 0) is 25.0 Å². The number of aryl methyl sites for hydroxylation is 2. The highest BCUT2D eigenvalue weighted by Gasteiger charge is 2.34. The van der Waals surface area contributed by atoms with Crippen LogP contribution in [0.1, 0.15) is 49.6 Å². The maximum atomic E-state index is 12.4. The van der Waals surface area contributed by atoms with Gasteiger partial charge in [0.05, 0.1) is 11.0 Å². The smallest absolute Gasteiger partial charge is 0.222 e. The first kappa shape index (κ1) is 18.6. The third-order valence-corrected chi connectivity index (χ3v) is 5.62. The zero-order valence-corrected chi connectivity index (χ0v) is 16.3. The van der Waals surface area contributed by atoms with Crippen LogP contribution in [0.5, 0.6) is 0 Å². The predicted octanol–water partition coefficient (Wildman–Crippen LogP) is 1.67. The molecule has 1 aliphatic carbocycles. The van der Waals surface area contributed by atoms with Gasteiger partial charge in [0.1, 0.15) is 18.3 Å². The molecule has 0 radical (unpaired) electrons. The molecule has 1 fully saturated rings. The molecule has 0 saturated heterocycles. The van der Waals surface area contributed by atoms with Crippen molar-refractivity contribution in [3.05, 3.63) is 41.7 Å². The summed E-state index contributed by atoms with van der Waals surface area (Å²) in [6.07, 6.45) is 3.00. The van der Waals surface area contributed by atoms with E-state index >= 15 is 0 Å². The van der Waals surface area contributed by atoms with Gasteiger partial charge in [0.15, 0.2) is 5.82 Å². The van der Waals surface area contributed by atoms with E-state index in [9.17, 15) is 9.90 Å². The van der Waals surface area contributed by atoms with Gasteiger partial charge in [0.2, 0.25) is 5.91 Å². The van der Waals surface area contributed by atoms with E-state index in [1.807, 2.05) is 29.8 Å². The van der Waals surface area contributed by atoms with Crippen molar-refractivity contribution in [2.75, 3.05) is 0 Å². The van der Waals surface area contributed by atoms with Crippen LogP contribution in [0.3, 0.4) is 0 Å². The molecule has 2 heterocycles. The predicted molar refractivity (Wildman–Crippen MR) is 105 cm³/mol. The van der Waals surface area contributed by atoms with Crippen molar-refractivity contribution < 1.29 is 9.90 Å². The van der Waals surface area contributed by atoms with E-state index in [1.165, 1.54) is 0 Å². The molecule has 4 rings (SSSR count). The van der Waals surface area contributed by atoms with E-state index in [0.717, 1.165) is 41.9 Å². The molecular formula is C20H26N6O2. The summed E-state index contributed by atoms with van der Waals surface area (Å²) in [5.41, 5.74) is 2.06. The number of aliphatic hydroxyl groups is 1. The Morgan fingerprint density at radius 1 is 1.25 bits per heavy atom. The number of rotatable bonds is 7. The SMILES string of the molecule is CCc1nc2ccccc2n1CCC(=O)NC1CC(c2nnc(CO)n2C)C1. The minimum absolute atomic E-state index is 0.0669. The van der Waals surface area contributed by atoms with Crippen molar-refractivity contribution in [1.82, 2.24) is 29.6 Å². The summed E-state index contributed by atoms with van der Waals surface area (Å²) in [6, 6.07) is 8.23. The molecule has 8 nitrogen and oxygen atoms in total. The summed E-state index contributed by atoms with van der Waals surface area (Å²) in [5.74, 6) is 2.82. The quantitative estimate of drug-likeness (QED) is 0.648. The molecule has 28 heavy (non-hydrogen) atoms. The topological polar surface area (TPSA) is 97.9 Å². The van der Waals surface area contributed by atoms with Crippen LogP contribution < -0.4 is 5.32 Å². The Bertz CT molecular complexity index is 986. The third-order valence-electron chi connectivity index (χ3n) is 5.62. The van der Waals surface area contributed by atoms with Crippen molar-refractivity contribution in [2.45, 2.75) is 57.7 Å². The largest absolute Gasteiger partial charge is 0.388 e. The Balaban J connectivity index is 1.31. The number of hydrogen-bond donors (Lipinski definition) is 2. The molecule has 1 amide bonds. The highest BCUT2D eigenvalue weighted by Crippen LogP contribution is 2.35. The van der Waals surface area contributed by atoms with Gasteiger partial charge < -0.3 is 19.6 Å². The number of imidazole rings is 1. The van der Waals surface area contributed by atoms with Crippen molar-refractivity contribution in [1.29, 1.82) is 0 Å². The molecule has 2 aromatic heterocycles. The summed E-state index contributed by atoms with van der Waals surface area (Å²) in [7, 11) is 1.87. The van der Waals surface area contributed by atoms with Crippen LogP contribution in [0.15, 0.2) is 24.3 Å². The molecule has 0 bridgehead atoms. The van der Waals surface area contributed by atoms with Crippen LogP contribution in [0.25, 0.3) is 11.0 Å². The number of hydrogen-bond acceptors (Lipinski definition) is 5. The lowest BCUT2D eigenvalue weighted by atomic mass is 9.79. The molecule has 0 unspecified atom stereocenters. The van der Waals surface area contributed by atoms with Crippen molar-refractivity contribution in [3.8, 4) is 0 Å². The average molecular weight is 382 g/mol. The maximum Gasteiger partial charge on any atom is 0.222 e. The van der Waals surface area contributed by atoms with Gasteiger partial charge in [0, 0.05) is 38.4 Å². The lowest BCUT2D eigenvalue weighted by Crippen LogP contribution is -2.44. The number of aliphatic hydroxyl groups excluding tert-OH is 1. The van der Waals surface area contributed by atoms with E-state index in [4.69, 9.17) is 0 Å². The zero-order valence-electron chi connectivity index (χ0n) is 16.3. The molecule has 148 valence electrons. The fraction of sp³-hybridized carbons (Fsp3) is 0.500. The van der Waals surface area contributed by atoms with Gasteiger partial charge in [-0.25, -0.2) is 4.98 Å². The lowest BCUT2D eigenvalue weighted by molar-refractivity contribution is -0.122. The number of aromatic nitrogens is 5. The number of amides is 1. The first-order valence-electron chi connectivity index (χ1n) is 9.83. The van der Waals surface area contributed by atoms with Gasteiger partial charge in [-0.3, -0.25) is 4.79 Å². The Morgan fingerprint density at radius 2 is 2.04 bits per heavy atom. The highest BCUT2D eigenvalue weighted by atomic mass is 16.3.